The monoisotopic (exact) mass is 299 g/mol. The first-order valence-electron chi connectivity index (χ1n) is 6.87. The Bertz CT molecular complexity index is 600. The standard InChI is InChI=1S/C13H16F3N5/c14-13(15,16)12-19-10-8-17-3-2-11(10)21(12)6-1-5-20-7-4-18-9-20/h4,7,9,17H,1-3,5-6,8H2. The van der Waals surface area contributed by atoms with Crippen molar-refractivity contribution in [2.24, 2.45) is 0 Å². The molecule has 0 spiro atoms. The topological polar surface area (TPSA) is 47.7 Å². The van der Waals surface area contributed by atoms with E-state index in [0.29, 0.717) is 50.4 Å². The van der Waals surface area contributed by atoms with Gasteiger partial charge in [0.25, 0.3) is 0 Å². The summed E-state index contributed by atoms with van der Waals surface area (Å²) in [7, 11) is 0. The van der Waals surface area contributed by atoms with Crippen LogP contribution in [0, 0.1) is 0 Å². The molecule has 0 unspecified atom stereocenters. The van der Waals surface area contributed by atoms with Gasteiger partial charge in [0, 0.05) is 50.7 Å². The molecule has 2 aromatic rings. The minimum absolute atomic E-state index is 0.315. The van der Waals surface area contributed by atoms with Gasteiger partial charge in [-0.3, -0.25) is 0 Å². The Morgan fingerprint density at radius 1 is 1.29 bits per heavy atom. The lowest BCUT2D eigenvalue weighted by Gasteiger charge is -2.17. The van der Waals surface area contributed by atoms with E-state index in [1.54, 1.807) is 18.7 Å². The number of fused-ring (bicyclic) bond motifs is 1. The van der Waals surface area contributed by atoms with Gasteiger partial charge in [-0.1, -0.05) is 0 Å². The average Bonchev–Trinajstić information content (AvgIpc) is 3.06. The summed E-state index contributed by atoms with van der Waals surface area (Å²) in [5.74, 6) is -0.776. The molecule has 0 aromatic carbocycles. The van der Waals surface area contributed by atoms with Crippen molar-refractivity contribution in [2.45, 2.75) is 38.7 Å². The van der Waals surface area contributed by atoms with Gasteiger partial charge >= 0.3 is 6.18 Å². The van der Waals surface area contributed by atoms with Gasteiger partial charge in [0.15, 0.2) is 0 Å². The lowest BCUT2D eigenvalue weighted by atomic mass is 10.2. The van der Waals surface area contributed by atoms with E-state index in [1.165, 1.54) is 4.57 Å². The third-order valence-corrected chi connectivity index (χ3v) is 3.60. The molecule has 1 aliphatic heterocycles. The van der Waals surface area contributed by atoms with Gasteiger partial charge in [-0.15, -0.1) is 0 Å². The van der Waals surface area contributed by atoms with Crippen molar-refractivity contribution in [3.05, 3.63) is 35.9 Å². The van der Waals surface area contributed by atoms with Gasteiger partial charge in [-0.05, 0) is 6.42 Å². The molecule has 1 aliphatic rings. The predicted octanol–water partition coefficient (Wildman–Crippen LogP) is 1.83. The average molecular weight is 299 g/mol. The molecule has 8 heteroatoms. The zero-order valence-corrected chi connectivity index (χ0v) is 11.4. The van der Waals surface area contributed by atoms with E-state index < -0.39 is 12.0 Å². The van der Waals surface area contributed by atoms with Crippen LogP contribution in [0.3, 0.4) is 0 Å². The Balaban J connectivity index is 1.80. The van der Waals surface area contributed by atoms with Crippen LogP contribution >= 0.6 is 0 Å². The smallest absolute Gasteiger partial charge is 0.337 e. The molecular weight excluding hydrogens is 283 g/mol. The molecule has 21 heavy (non-hydrogen) atoms. The van der Waals surface area contributed by atoms with E-state index in [2.05, 4.69) is 15.3 Å². The third kappa shape index (κ3) is 2.94. The molecule has 0 amide bonds. The van der Waals surface area contributed by atoms with E-state index in [9.17, 15) is 13.2 Å². The number of hydrogen-bond donors (Lipinski definition) is 1. The van der Waals surface area contributed by atoms with Crippen LogP contribution in [0.4, 0.5) is 13.2 Å². The van der Waals surface area contributed by atoms with Crippen molar-refractivity contribution in [1.82, 2.24) is 24.4 Å². The summed E-state index contributed by atoms with van der Waals surface area (Å²) < 4.78 is 42.5. The van der Waals surface area contributed by atoms with Crippen LogP contribution in [0.25, 0.3) is 0 Å². The number of rotatable bonds is 4. The zero-order chi connectivity index (χ0) is 14.9. The van der Waals surface area contributed by atoms with E-state index in [4.69, 9.17) is 0 Å². The fourth-order valence-corrected chi connectivity index (χ4v) is 2.66. The van der Waals surface area contributed by atoms with Crippen LogP contribution in [-0.4, -0.2) is 25.6 Å². The largest absolute Gasteiger partial charge is 0.449 e. The predicted molar refractivity (Wildman–Crippen MR) is 69.5 cm³/mol. The summed E-state index contributed by atoms with van der Waals surface area (Å²) in [6.45, 7) is 2.06. The van der Waals surface area contributed by atoms with Crippen molar-refractivity contribution in [3.63, 3.8) is 0 Å². The third-order valence-electron chi connectivity index (χ3n) is 3.60. The number of nitrogens with zero attached hydrogens (tertiary/aromatic N) is 4. The number of aromatic nitrogens is 4. The summed E-state index contributed by atoms with van der Waals surface area (Å²) >= 11 is 0. The Labute approximate surface area is 119 Å². The lowest BCUT2D eigenvalue weighted by Crippen LogP contribution is -2.25. The summed E-state index contributed by atoms with van der Waals surface area (Å²) in [5.41, 5.74) is 1.24. The molecule has 5 nitrogen and oxygen atoms in total. The Morgan fingerprint density at radius 2 is 2.14 bits per heavy atom. The van der Waals surface area contributed by atoms with E-state index >= 15 is 0 Å². The van der Waals surface area contributed by atoms with E-state index in [1.807, 2.05) is 4.57 Å². The molecule has 0 saturated carbocycles. The molecule has 114 valence electrons. The van der Waals surface area contributed by atoms with Crippen molar-refractivity contribution in [3.8, 4) is 0 Å². The summed E-state index contributed by atoms with van der Waals surface area (Å²) in [5, 5.41) is 3.06. The highest BCUT2D eigenvalue weighted by atomic mass is 19.4. The van der Waals surface area contributed by atoms with Crippen molar-refractivity contribution >= 4 is 0 Å². The number of imidazole rings is 2. The van der Waals surface area contributed by atoms with Gasteiger partial charge < -0.3 is 14.5 Å². The number of nitrogens with one attached hydrogen (secondary N) is 1. The number of hydrogen-bond acceptors (Lipinski definition) is 3. The second-order valence-electron chi connectivity index (χ2n) is 5.06. The molecule has 0 aliphatic carbocycles. The Hall–Kier alpha value is -1.83. The number of aryl methyl sites for hydroxylation is 1. The molecular formula is C13H16F3N5. The molecule has 3 rings (SSSR count). The van der Waals surface area contributed by atoms with Gasteiger partial charge in [-0.25, -0.2) is 9.97 Å². The first kappa shape index (κ1) is 14.1. The second-order valence-corrected chi connectivity index (χ2v) is 5.06. The second kappa shape index (κ2) is 5.51. The van der Waals surface area contributed by atoms with Crippen molar-refractivity contribution in [1.29, 1.82) is 0 Å². The van der Waals surface area contributed by atoms with Gasteiger partial charge in [0.05, 0.1) is 12.0 Å². The molecule has 0 fully saturated rings. The van der Waals surface area contributed by atoms with Crippen LogP contribution in [0.5, 0.6) is 0 Å². The number of halogens is 3. The van der Waals surface area contributed by atoms with Crippen LogP contribution in [0.2, 0.25) is 0 Å². The molecule has 0 saturated heterocycles. The number of alkyl halides is 3. The van der Waals surface area contributed by atoms with Crippen molar-refractivity contribution < 1.29 is 13.2 Å². The summed E-state index contributed by atoms with van der Waals surface area (Å²) in [4.78, 5) is 7.71. The van der Waals surface area contributed by atoms with Gasteiger partial charge in [0.1, 0.15) is 0 Å². The molecule has 2 aromatic heterocycles. The summed E-state index contributed by atoms with van der Waals surface area (Å²) in [6, 6.07) is 0. The van der Waals surface area contributed by atoms with Crippen LogP contribution in [0.15, 0.2) is 18.7 Å². The molecule has 0 bridgehead atoms. The fraction of sp³-hybridized carbons (Fsp3) is 0.538. The van der Waals surface area contributed by atoms with Crippen LogP contribution in [-0.2, 0) is 32.2 Å². The minimum Gasteiger partial charge on any atom is -0.337 e. The highest BCUT2D eigenvalue weighted by Gasteiger charge is 2.38. The maximum Gasteiger partial charge on any atom is 0.449 e. The maximum absolute atomic E-state index is 13.1. The van der Waals surface area contributed by atoms with E-state index in [0.717, 1.165) is 0 Å². The van der Waals surface area contributed by atoms with Gasteiger partial charge in [0.2, 0.25) is 5.82 Å². The van der Waals surface area contributed by atoms with Crippen LogP contribution < -0.4 is 5.32 Å². The minimum atomic E-state index is -4.41. The molecule has 0 radical (unpaired) electrons. The highest BCUT2D eigenvalue weighted by Crippen LogP contribution is 2.31. The quantitative estimate of drug-likeness (QED) is 0.937. The Morgan fingerprint density at radius 3 is 2.86 bits per heavy atom. The zero-order valence-electron chi connectivity index (χ0n) is 11.4. The molecule has 3 heterocycles. The van der Waals surface area contributed by atoms with E-state index in [-0.39, 0.29) is 0 Å². The lowest BCUT2D eigenvalue weighted by molar-refractivity contribution is -0.147. The maximum atomic E-state index is 13.1. The first-order chi connectivity index (χ1) is 10.1. The SMILES string of the molecule is FC(F)(F)c1nc2c(n1CCCn1ccnc1)CCNC2. The summed E-state index contributed by atoms with van der Waals surface area (Å²) in [6.07, 6.45) is 1.91. The first-order valence-corrected chi connectivity index (χ1v) is 6.87. The Kier molecular flexibility index (Phi) is 3.71. The molecule has 0 atom stereocenters. The normalized spacial score (nSPS) is 15.2. The fourth-order valence-electron chi connectivity index (χ4n) is 2.66. The molecule has 1 N–H and O–H groups in total. The highest BCUT2D eigenvalue weighted by molar-refractivity contribution is 5.21. The van der Waals surface area contributed by atoms with Crippen LogP contribution in [0.1, 0.15) is 23.6 Å². The van der Waals surface area contributed by atoms with Gasteiger partial charge in [-0.2, -0.15) is 13.2 Å². The van der Waals surface area contributed by atoms with Crippen molar-refractivity contribution in [2.75, 3.05) is 6.54 Å².